The fourth-order valence-electron chi connectivity index (χ4n) is 1.37. The topological polar surface area (TPSA) is 96.4 Å². The van der Waals surface area contributed by atoms with Crippen LogP contribution in [0.15, 0.2) is 23.1 Å². The third-order valence-corrected chi connectivity index (χ3v) is 4.34. The lowest BCUT2D eigenvalue weighted by atomic mass is 10.2. The highest BCUT2D eigenvalue weighted by Gasteiger charge is 2.23. The molecule has 0 heterocycles. The highest BCUT2D eigenvalue weighted by atomic mass is 32.2. The molecule has 0 fully saturated rings. The van der Waals surface area contributed by atoms with E-state index in [2.05, 4.69) is 0 Å². The molecule has 0 radical (unpaired) electrons. The number of rotatable bonds is 5. The summed E-state index contributed by atoms with van der Waals surface area (Å²) in [5, 5.41) is 8.95. The molecule has 0 amide bonds. The van der Waals surface area contributed by atoms with Crippen LogP contribution in [0.2, 0.25) is 0 Å². The summed E-state index contributed by atoms with van der Waals surface area (Å²) in [6.07, 6.45) is 0. The first-order chi connectivity index (χ1) is 8.43. The minimum Gasteiger partial charge on any atom is -0.399 e. The maximum Gasteiger partial charge on any atom is 0.244 e. The Morgan fingerprint density at radius 3 is 2.72 bits per heavy atom. The zero-order valence-corrected chi connectivity index (χ0v) is 11.1. The van der Waals surface area contributed by atoms with Crippen LogP contribution in [0.3, 0.4) is 0 Å². The average Bonchev–Trinajstić information content (AvgIpc) is 2.35. The van der Waals surface area contributed by atoms with E-state index in [0.717, 1.165) is 4.31 Å². The Labute approximate surface area is 107 Å². The molecule has 0 saturated heterocycles. The number of ether oxygens (including phenoxy) is 1. The summed E-state index contributed by atoms with van der Waals surface area (Å²) in [5.74, 6) is 0. The van der Waals surface area contributed by atoms with Crippen LogP contribution in [0.1, 0.15) is 5.56 Å². The molecule has 1 rings (SSSR count). The molecular formula is C11H15N3O3S. The number of sulfonamides is 1. The molecule has 0 spiro atoms. The zero-order valence-electron chi connectivity index (χ0n) is 10.3. The molecule has 1 aromatic carbocycles. The van der Waals surface area contributed by atoms with E-state index in [9.17, 15) is 8.42 Å². The number of hydrogen-bond acceptors (Lipinski definition) is 5. The number of hydrogen-bond donors (Lipinski definition) is 1. The highest BCUT2D eigenvalue weighted by molar-refractivity contribution is 7.89. The van der Waals surface area contributed by atoms with E-state index in [-0.39, 0.29) is 23.6 Å². The largest absolute Gasteiger partial charge is 0.399 e. The van der Waals surface area contributed by atoms with Crippen LogP contribution in [-0.4, -0.2) is 40.0 Å². The molecule has 6 nitrogen and oxygen atoms in total. The first-order valence-electron chi connectivity index (χ1n) is 5.18. The summed E-state index contributed by atoms with van der Waals surface area (Å²) in [6, 6.07) is 5.98. The lowest BCUT2D eigenvalue weighted by molar-refractivity contribution is 0.185. The van der Waals surface area contributed by atoms with Gasteiger partial charge in [-0.3, -0.25) is 0 Å². The molecule has 7 heteroatoms. The average molecular weight is 269 g/mol. The molecule has 18 heavy (non-hydrogen) atoms. The number of nitriles is 1. The van der Waals surface area contributed by atoms with Gasteiger partial charge in [0.15, 0.2) is 0 Å². The SMILES string of the molecule is COCCN(C)S(=O)(=O)c1ccc(N)cc1C#N. The van der Waals surface area contributed by atoms with Crippen molar-refractivity contribution in [2.45, 2.75) is 4.90 Å². The quantitative estimate of drug-likeness (QED) is 0.781. The predicted molar refractivity (Wildman–Crippen MR) is 67.3 cm³/mol. The molecule has 98 valence electrons. The van der Waals surface area contributed by atoms with Crippen molar-refractivity contribution in [2.24, 2.45) is 0 Å². The smallest absolute Gasteiger partial charge is 0.244 e. The highest BCUT2D eigenvalue weighted by Crippen LogP contribution is 2.21. The number of methoxy groups -OCH3 is 1. The minimum atomic E-state index is -3.70. The number of anilines is 1. The second kappa shape index (κ2) is 5.82. The first kappa shape index (κ1) is 14.4. The standard InChI is InChI=1S/C11H15N3O3S/c1-14(5-6-17-2)18(15,16)11-4-3-10(13)7-9(11)8-12/h3-4,7H,5-6,13H2,1-2H3. The van der Waals surface area contributed by atoms with Gasteiger partial charge in [0.1, 0.15) is 11.0 Å². The van der Waals surface area contributed by atoms with E-state index in [1.165, 1.54) is 32.4 Å². The van der Waals surface area contributed by atoms with Crippen molar-refractivity contribution in [3.05, 3.63) is 23.8 Å². The number of nitrogens with zero attached hydrogens (tertiary/aromatic N) is 2. The predicted octanol–water partition coefficient (Wildman–Crippen LogP) is 0.407. The van der Waals surface area contributed by atoms with Crippen molar-refractivity contribution in [3.8, 4) is 6.07 Å². The molecule has 0 atom stereocenters. The molecular weight excluding hydrogens is 254 g/mol. The van der Waals surface area contributed by atoms with Gasteiger partial charge in [0.2, 0.25) is 10.0 Å². The van der Waals surface area contributed by atoms with Gasteiger partial charge in [-0.05, 0) is 18.2 Å². The van der Waals surface area contributed by atoms with E-state index in [1.54, 1.807) is 0 Å². The van der Waals surface area contributed by atoms with Crippen LogP contribution in [0.4, 0.5) is 5.69 Å². The van der Waals surface area contributed by atoms with Crippen molar-refractivity contribution in [1.29, 1.82) is 5.26 Å². The lowest BCUT2D eigenvalue weighted by Gasteiger charge is -2.17. The number of likely N-dealkylation sites (N-methyl/N-ethyl adjacent to an activating group) is 1. The van der Waals surface area contributed by atoms with Crippen LogP contribution in [0, 0.1) is 11.3 Å². The second-order valence-corrected chi connectivity index (χ2v) is 5.70. The van der Waals surface area contributed by atoms with Gasteiger partial charge >= 0.3 is 0 Å². The summed E-state index contributed by atoms with van der Waals surface area (Å²) in [7, 11) is -0.769. The molecule has 0 saturated carbocycles. The molecule has 0 aromatic heterocycles. The van der Waals surface area contributed by atoms with Crippen molar-refractivity contribution in [3.63, 3.8) is 0 Å². The van der Waals surface area contributed by atoms with E-state index in [4.69, 9.17) is 15.7 Å². The number of benzene rings is 1. The van der Waals surface area contributed by atoms with Crippen molar-refractivity contribution < 1.29 is 13.2 Å². The molecule has 0 unspecified atom stereocenters. The summed E-state index contributed by atoms with van der Waals surface area (Å²) in [5.41, 5.74) is 5.92. The first-order valence-corrected chi connectivity index (χ1v) is 6.62. The van der Waals surface area contributed by atoms with Gasteiger partial charge < -0.3 is 10.5 Å². The zero-order chi connectivity index (χ0) is 13.8. The van der Waals surface area contributed by atoms with Crippen molar-refractivity contribution in [1.82, 2.24) is 4.31 Å². The van der Waals surface area contributed by atoms with Gasteiger partial charge in [-0.15, -0.1) is 0 Å². The molecule has 2 N–H and O–H groups in total. The van der Waals surface area contributed by atoms with Crippen LogP contribution < -0.4 is 5.73 Å². The number of nitrogens with two attached hydrogens (primary N) is 1. The van der Waals surface area contributed by atoms with Crippen LogP contribution in [0.25, 0.3) is 0 Å². The van der Waals surface area contributed by atoms with Gasteiger partial charge in [-0.2, -0.15) is 9.57 Å². The van der Waals surface area contributed by atoms with E-state index in [0.29, 0.717) is 5.69 Å². The minimum absolute atomic E-state index is 0.0410. The van der Waals surface area contributed by atoms with E-state index in [1.807, 2.05) is 6.07 Å². The summed E-state index contributed by atoms with van der Waals surface area (Å²) < 4.78 is 30.4. The van der Waals surface area contributed by atoms with Gasteiger partial charge in [-0.1, -0.05) is 0 Å². The van der Waals surface area contributed by atoms with Crippen LogP contribution >= 0.6 is 0 Å². The summed E-state index contributed by atoms with van der Waals surface area (Å²) in [4.78, 5) is -0.0437. The van der Waals surface area contributed by atoms with Crippen LogP contribution in [-0.2, 0) is 14.8 Å². The maximum absolute atomic E-state index is 12.2. The third kappa shape index (κ3) is 2.98. The normalized spacial score (nSPS) is 11.4. The van der Waals surface area contributed by atoms with Crippen LogP contribution in [0.5, 0.6) is 0 Å². The van der Waals surface area contributed by atoms with E-state index < -0.39 is 10.0 Å². The van der Waals surface area contributed by atoms with Gasteiger partial charge in [0.05, 0.1) is 12.2 Å². The van der Waals surface area contributed by atoms with E-state index >= 15 is 0 Å². The molecule has 0 aliphatic heterocycles. The Kier molecular flexibility index (Phi) is 4.67. The number of nitrogen functional groups attached to an aromatic ring is 1. The molecule has 0 aliphatic carbocycles. The fraction of sp³-hybridized carbons (Fsp3) is 0.364. The maximum atomic E-state index is 12.2. The Bertz CT molecular complexity index is 563. The van der Waals surface area contributed by atoms with Gasteiger partial charge in [0, 0.05) is 26.4 Å². The Morgan fingerprint density at radius 1 is 1.50 bits per heavy atom. The Hall–Kier alpha value is -1.62. The third-order valence-electron chi connectivity index (χ3n) is 2.42. The Balaban J connectivity index is 3.17. The van der Waals surface area contributed by atoms with Gasteiger partial charge in [0.25, 0.3) is 0 Å². The lowest BCUT2D eigenvalue weighted by Crippen LogP contribution is -2.30. The van der Waals surface area contributed by atoms with Crippen molar-refractivity contribution >= 4 is 15.7 Å². The molecule has 0 aliphatic rings. The Morgan fingerprint density at radius 2 is 2.17 bits per heavy atom. The summed E-state index contributed by atoms with van der Waals surface area (Å²) >= 11 is 0. The van der Waals surface area contributed by atoms with Crippen molar-refractivity contribution in [2.75, 3.05) is 33.0 Å². The second-order valence-electron chi connectivity index (χ2n) is 3.69. The fourth-order valence-corrected chi connectivity index (χ4v) is 2.64. The van der Waals surface area contributed by atoms with Gasteiger partial charge in [-0.25, -0.2) is 8.42 Å². The molecule has 0 bridgehead atoms. The summed E-state index contributed by atoms with van der Waals surface area (Å²) in [6.45, 7) is 0.501. The molecule has 1 aromatic rings. The monoisotopic (exact) mass is 269 g/mol.